The van der Waals surface area contributed by atoms with Crippen LogP contribution in [-0.4, -0.2) is 28.4 Å². The van der Waals surface area contributed by atoms with Crippen LogP contribution in [0.1, 0.15) is 11.1 Å². The highest BCUT2D eigenvalue weighted by Gasteiger charge is 2.32. The summed E-state index contributed by atoms with van der Waals surface area (Å²) in [6, 6.07) is 19.6. The van der Waals surface area contributed by atoms with E-state index >= 15 is 0 Å². The number of nitrogens with one attached hydrogen (secondary N) is 1. The Bertz CT molecular complexity index is 905. The van der Waals surface area contributed by atoms with Gasteiger partial charge in [-0.15, -0.1) is 6.58 Å². The van der Waals surface area contributed by atoms with Crippen LogP contribution in [0.4, 0.5) is 0 Å². The maximum atomic E-state index is 12.7. The Hall–Kier alpha value is -3.31. The molecule has 3 rings (SSSR count). The van der Waals surface area contributed by atoms with Crippen molar-refractivity contribution >= 4 is 34.7 Å². The van der Waals surface area contributed by atoms with Gasteiger partial charge >= 0.3 is 0 Å². The third kappa shape index (κ3) is 4.10. The van der Waals surface area contributed by atoms with Crippen LogP contribution in [0.5, 0.6) is 0 Å². The van der Waals surface area contributed by atoms with Gasteiger partial charge in [0.1, 0.15) is 5.57 Å². The van der Waals surface area contributed by atoms with E-state index in [9.17, 15) is 9.59 Å². The Morgan fingerprint density at radius 3 is 2.07 bits per heavy atom. The van der Waals surface area contributed by atoms with Crippen LogP contribution in [-0.2, 0) is 9.59 Å². The summed E-state index contributed by atoms with van der Waals surface area (Å²) >= 11 is 5.07. The lowest BCUT2D eigenvalue weighted by molar-refractivity contribution is -0.128. The fourth-order valence-corrected chi connectivity index (χ4v) is 3.02. The monoisotopic (exact) mass is 374 g/mol. The highest BCUT2D eigenvalue weighted by molar-refractivity contribution is 7.80. The molecule has 0 atom stereocenters. The topological polar surface area (TPSA) is 49.4 Å². The molecule has 1 aliphatic rings. The zero-order chi connectivity index (χ0) is 19.2. The second-order valence-electron chi connectivity index (χ2n) is 5.86. The van der Waals surface area contributed by atoms with E-state index < -0.39 is 11.8 Å². The van der Waals surface area contributed by atoms with Crippen molar-refractivity contribution in [2.45, 2.75) is 0 Å². The SMILES string of the molecule is C=CCN1C(=O)/C(=C/C=C(c2ccccc2)c2ccccc2)C(=O)NC1=S. The maximum absolute atomic E-state index is 12.7. The predicted molar refractivity (Wildman–Crippen MR) is 111 cm³/mol. The molecule has 1 saturated heterocycles. The van der Waals surface area contributed by atoms with Crippen LogP contribution in [0.15, 0.2) is 91.0 Å². The second-order valence-corrected chi connectivity index (χ2v) is 6.24. The number of allylic oxidation sites excluding steroid dienone is 2. The molecule has 2 aromatic rings. The Kier molecular flexibility index (Phi) is 5.74. The Labute approximate surface area is 163 Å². The number of hydrogen-bond donors (Lipinski definition) is 1. The number of amides is 2. The van der Waals surface area contributed by atoms with Crippen LogP contribution < -0.4 is 5.32 Å². The summed E-state index contributed by atoms with van der Waals surface area (Å²) in [4.78, 5) is 26.2. The van der Waals surface area contributed by atoms with Crippen LogP contribution in [0.3, 0.4) is 0 Å². The molecule has 0 spiro atoms. The standard InChI is InChI=1S/C22H18N2O2S/c1-2-15-24-21(26)19(20(25)23-22(24)27)14-13-18(16-9-5-3-6-10-16)17-11-7-4-8-12-17/h2-14H,1,15H2,(H,23,25,27)/b19-14+. The summed E-state index contributed by atoms with van der Waals surface area (Å²) in [5.74, 6) is -0.928. The molecule has 134 valence electrons. The summed E-state index contributed by atoms with van der Waals surface area (Å²) in [6.45, 7) is 3.86. The molecule has 1 N–H and O–H groups in total. The third-order valence-electron chi connectivity index (χ3n) is 4.08. The van der Waals surface area contributed by atoms with Crippen LogP contribution in [0, 0.1) is 0 Å². The van der Waals surface area contributed by atoms with Crippen molar-refractivity contribution in [2.75, 3.05) is 6.54 Å². The first-order valence-electron chi connectivity index (χ1n) is 8.42. The van der Waals surface area contributed by atoms with Crippen LogP contribution in [0.2, 0.25) is 0 Å². The molecule has 0 saturated carbocycles. The van der Waals surface area contributed by atoms with Gasteiger partial charge in [0.2, 0.25) is 0 Å². The number of thiocarbonyl (C=S) groups is 1. The summed E-state index contributed by atoms with van der Waals surface area (Å²) in [5, 5.41) is 2.65. The van der Waals surface area contributed by atoms with Crippen molar-refractivity contribution in [3.8, 4) is 0 Å². The molecule has 0 aliphatic carbocycles. The fourth-order valence-electron chi connectivity index (χ4n) is 2.77. The van der Waals surface area contributed by atoms with Gasteiger partial charge in [0.05, 0.1) is 0 Å². The first-order valence-corrected chi connectivity index (χ1v) is 8.83. The normalized spacial score (nSPS) is 15.5. The molecule has 0 bridgehead atoms. The summed E-state index contributed by atoms with van der Waals surface area (Å²) in [7, 11) is 0. The molecule has 2 aromatic carbocycles. The molecule has 2 amide bonds. The minimum Gasteiger partial charge on any atom is -0.298 e. The molecule has 0 aromatic heterocycles. The highest BCUT2D eigenvalue weighted by Crippen LogP contribution is 2.24. The number of rotatable bonds is 5. The zero-order valence-electron chi connectivity index (χ0n) is 14.6. The van der Waals surface area contributed by atoms with Crippen LogP contribution in [0.25, 0.3) is 5.57 Å². The number of carbonyl (C=O) groups is 2. The van der Waals surface area contributed by atoms with Gasteiger partial charge in [-0.2, -0.15) is 0 Å². The van der Waals surface area contributed by atoms with Crippen molar-refractivity contribution in [1.29, 1.82) is 0 Å². The van der Waals surface area contributed by atoms with Gasteiger partial charge in [0.15, 0.2) is 5.11 Å². The van der Waals surface area contributed by atoms with E-state index in [-0.39, 0.29) is 17.2 Å². The van der Waals surface area contributed by atoms with E-state index in [0.29, 0.717) is 0 Å². The van der Waals surface area contributed by atoms with E-state index in [0.717, 1.165) is 16.7 Å². The van der Waals surface area contributed by atoms with Gasteiger partial charge in [-0.1, -0.05) is 72.8 Å². The number of carbonyl (C=O) groups excluding carboxylic acids is 2. The number of benzene rings is 2. The first kappa shape index (κ1) is 18.5. The summed E-state index contributed by atoms with van der Waals surface area (Å²) in [6.07, 6.45) is 4.90. The van der Waals surface area contributed by atoms with Crippen molar-refractivity contribution in [1.82, 2.24) is 10.2 Å². The van der Waals surface area contributed by atoms with Gasteiger partial charge in [0.25, 0.3) is 11.8 Å². The van der Waals surface area contributed by atoms with E-state index in [1.807, 2.05) is 60.7 Å². The first-order chi connectivity index (χ1) is 13.1. The lowest BCUT2D eigenvalue weighted by atomic mass is 9.97. The van der Waals surface area contributed by atoms with Gasteiger partial charge in [-0.3, -0.25) is 19.8 Å². The average Bonchev–Trinajstić information content (AvgIpc) is 2.69. The van der Waals surface area contributed by atoms with E-state index in [1.165, 1.54) is 4.90 Å². The molecular weight excluding hydrogens is 356 g/mol. The number of nitrogens with zero attached hydrogens (tertiary/aromatic N) is 1. The Morgan fingerprint density at radius 1 is 1.00 bits per heavy atom. The summed E-state index contributed by atoms with van der Waals surface area (Å²) < 4.78 is 0. The van der Waals surface area contributed by atoms with Crippen molar-refractivity contribution in [3.63, 3.8) is 0 Å². The molecule has 1 heterocycles. The highest BCUT2D eigenvalue weighted by atomic mass is 32.1. The fraction of sp³-hybridized carbons (Fsp3) is 0.0455. The quantitative estimate of drug-likeness (QED) is 0.377. The minimum atomic E-state index is -0.498. The molecule has 1 aliphatic heterocycles. The zero-order valence-corrected chi connectivity index (χ0v) is 15.4. The smallest absolute Gasteiger partial charge is 0.265 e. The number of hydrogen-bond acceptors (Lipinski definition) is 3. The molecule has 4 nitrogen and oxygen atoms in total. The average molecular weight is 374 g/mol. The third-order valence-corrected chi connectivity index (χ3v) is 4.41. The molecule has 0 radical (unpaired) electrons. The lowest BCUT2D eigenvalue weighted by Gasteiger charge is -2.27. The predicted octanol–water partition coefficient (Wildman–Crippen LogP) is 3.47. The molecule has 0 unspecified atom stereocenters. The lowest BCUT2D eigenvalue weighted by Crippen LogP contribution is -2.53. The molecule has 5 heteroatoms. The van der Waals surface area contributed by atoms with Crippen molar-refractivity contribution in [2.24, 2.45) is 0 Å². The largest absolute Gasteiger partial charge is 0.298 e. The van der Waals surface area contributed by atoms with E-state index in [2.05, 4.69) is 11.9 Å². The van der Waals surface area contributed by atoms with E-state index in [4.69, 9.17) is 12.2 Å². The van der Waals surface area contributed by atoms with Gasteiger partial charge in [0, 0.05) is 6.54 Å². The molecule has 27 heavy (non-hydrogen) atoms. The maximum Gasteiger partial charge on any atom is 0.265 e. The van der Waals surface area contributed by atoms with Gasteiger partial charge in [-0.25, -0.2) is 0 Å². The second kappa shape index (κ2) is 8.38. The van der Waals surface area contributed by atoms with Gasteiger partial charge in [-0.05, 0) is 35.0 Å². The van der Waals surface area contributed by atoms with Crippen LogP contribution >= 0.6 is 12.2 Å². The minimum absolute atomic E-state index is 0.0369. The van der Waals surface area contributed by atoms with Crippen molar-refractivity contribution in [3.05, 3.63) is 102 Å². The van der Waals surface area contributed by atoms with Gasteiger partial charge < -0.3 is 0 Å². The van der Waals surface area contributed by atoms with Crippen molar-refractivity contribution < 1.29 is 9.59 Å². The molecular formula is C22H18N2O2S. The van der Waals surface area contributed by atoms with E-state index in [1.54, 1.807) is 18.2 Å². The Balaban J connectivity index is 2.05. The summed E-state index contributed by atoms with van der Waals surface area (Å²) in [5.41, 5.74) is 2.92. The molecule has 1 fully saturated rings. The Morgan fingerprint density at radius 2 is 1.56 bits per heavy atom.